The molecule has 0 amide bonds. The summed E-state index contributed by atoms with van der Waals surface area (Å²) in [6.07, 6.45) is -2.87. The Morgan fingerprint density at radius 1 is 1.67 bits per heavy atom. The summed E-state index contributed by atoms with van der Waals surface area (Å²) in [4.78, 5) is 3.47. The molecule has 0 atom stereocenters. The summed E-state index contributed by atoms with van der Waals surface area (Å²) in [5.74, 6) is -0.00755. The molecule has 80 valence electrons. The molecular weight excluding hydrogens is 206 g/mol. The summed E-state index contributed by atoms with van der Waals surface area (Å²) in [7, 11) is 1.26. The van der Waals surface area contributed by atoms with E-state index in [1.807, 2.05) is 0 Å². The molecule has 4 nitrogen and oxygen atoms in total. The van der Waals surface area contributed by atoms with Crippen LogP contribution in [0.3, 0.4) is 0 Å². The fourth-order valence-electron chi connectivity index (χ4n) is 1.10. The Bertz CT molecular complexity index is 402. The monoisotopic (exact) mass is 214 g/mol. The van der Waals surface area contributed by atoms with Crippen LogP contribution in [0.5, 0.6) is 5.75 Å². The molecule has 15 heavy (non-hydrogen) atoms. The van der Waals surface area contributed by atoms with E-state index in [0.29, 0.717) is 0 Å². The zero-order valence-electron chi connectivity index (χ0n) is 7.87. The Kier molecular flexibility index (Phi) is 3.52. The Labute approximate surface area is 84.7 Å². The average Bonchev–Trinajstić information content (AvgIpc) is 2.26. The van der Waals surface area contributed by atoms with Gasteiger partial charge in [-0.25, -0.2) is 13.8 Å². The van der Waals surface area contributed by atoms with E-state index in [-0.39, 0.29) is 17.0 Å². The summed E-state index contributed by atoms with van der Waals surface area (Å²) >= 11 is 0. The van der Waals surface area contributed by atoms with Gasteiger partial charge in [-0.3, -0.25) is 0 Å². The van der Waals surface area contributed by atoms with Crippen LogP contribution in [0.1, 0.15) is 23.4 Å². The molecule has 1 aromatic rings. The van der Waals surface area contributed by atoms with Gasteiger partial charge < -0.3 is 9.84 Å². The predicted octanol–water partition coefficient (Wildman–Crippen LogP) is 1.39. The third kappa shape index (κ3) is 2.19. The van der Waals surface area contributed by atoms with Crippen LogP contribution >= 0.6 is 0 Å². The van der Waals surface area contributed by atoms with Crippen LogP contribution in [0, 0.1) is 11.3 Å². The topological polar surface area (TPSA) is 66.1 Å². The molecule has 0 aliphatic rings. The van der Waals surface area contributed by atoms with Crippen LogP contribution in [-0.2, 0) is 6.61 Å². The summed E-state index contributed by atoms with van der Waals surface area (Å²) in [6.45, 7) is -0.484. The van der Waals surface area contributed by atoms with Crippen molar-refractivity contribution in [2.24, 2.45) is 0 Å². The van der Waals surface area contributed by atoms with Crippen molar-refractivity contribution in [3.63, 3.8) is 0 Å². The maximum atomic E-state index is 12.5. The molecule has 1 N–H and O–H groups in total. The number of alkyl halides is 2. The molecule has 0 aromatic carbocycles. The highest BCUT2D eigenvalue weighted by Crippen LogP contribution is 2.28. The van der Waals surface area contributed by atoms with Crippen molar-refractivity contribution in [2.45, 2.75) is 13.0 Å². The van der Waals surface area contributed by atoms with E-state index >= 15 is 0 Å². The van der Waals surface area contributed by atoms with Crippen molar-refractivity contribution in [3.8, 4) is 11.8 Å². The van der Waals surface area contributed by atoms with Gasteiger partial charge in [-0.05, 0) is 0 Å². The Morgan fingerprint density at radius 3 is 2.73 bits per heavy atom. The molecule has 1 rings (SSSR count). The summed E-state index contributed by atoms with van der Waals surface area (Å²) in [5, 5.41) is 17.5. The normalized spacial score (nSPS) is 10.1. The lowest BCUT2D eigenvalue weighted by Gasteiger charge is -2.09. The first-order valence-corrected chi connectivity index (χ1v) is 4.01. The minimum absolute atomic E-state index is 0.00755. The van der Waals surface area contributed by atoms with Crippen LogP contribution in [0.2, 0.25) is 0 Å². The van der Waals surface area contributed by atoms with Gasteiger partial charge in [0.2, 0.25) is 0 Å². The molecule has 1 aromatic heterocycles. The molecule has 6 heteroatoms. The van der Waals surface area contributed by atoms with Crippen molar-refractivity contribution in [2.75, 3.05) is 7.11 Å². The second kappa shape index (κ2) is 4.66. The van der Waals surface area contributed by atoms with E-state index in [1.54, 1.807) is 6.07 Å². The van der Waals surface area contributed by atoms with Crippen molar-refractivity contribution in [3.05, 3.63) is 23.0 Å². The number of pyridine rings is 1. The molecule has 0 saturated heterocycles. The number of nitriles is 1. The van der Waals surface area contributed by atoms with Gasteiger partial charge in [0.15, 0.2) is 0 Å². The number of rotatable bonds is 3. The number of hydrogen-bond acceptors (Lipinski definition) is 4. The fraction of sp³-hybridized carbons (Fsp3) is 0.333. The molecule has 0 bridgehead atoms. The number of aromatic nitrogens is 1. The van der Waals surface area contributed by atoms with Gasteiger partial charge in [0, 0.05) is 6.07 Å². The zero-order chi connectivity index (χ0) is 11.4. The quantitative estimate of drug-likeness (QED) is 0.825. The van der Waals surface area contributed by atoms with Crippen molar-refractivity contribution >= 4 is 0 Å². The van der Waals surface area contributed by atoms with Crippen molar-refractivity contribution < 1.29 is 18.6 Å². The van der Waals surface area contributed by atoms with Crippen LogP contribution < -0.4 is 4.74 Å². The van der Waals surface area contributed by atoms with Crippen LogP contribution in [0.25, 0.3) is 0 Å². The number of nitrogens with zero attached hydrogens (tertiary/aromatic N) is 2. The number of halogens is 2. The third-order valence-electron chi connectivity index (χ3n) is 1.76. The van der Waals surface area contributed by atoms with Gasteiger partial charge in [0.05, 0.1) is 19.4 Å². The number of aliphatic hydroxyl groups is 1. The number of methoxy groups -OCH3 is 1. The predicted molar refractivity (Wildman–Crippen MR) is 46.4 cm³/mol. The second-order valence-electron chi connectivity index (χ2n) is 2.65. The molecule has 0 spiro atoms. The first-order chi connectivity index (χ1) is 7.13. The molecule has 0 saturated carbocycles. The van der Waals surface area contributed by atoms with Gasteiger partial charge in [0.25, 0.3) is 6.43 Å². The zero-order valence-corrected chi connectivity index (χ0v) is 7.87. The number of hydrogen-bond donors (Lipinski definition) is 1. The van der Waals surface area contributed by atoms with E-state index in [0.717, 1.165) is 0 Å². The minimum atomic E-state index is -2.87. The first-order valence-electron chi connectivity index (χ1n) is 4.01. The van der Waals surface area contributed by atoms with Crippen molar-refractivity contribution in [1.82, 2.24) is 4.98 Å². The van der Waals surface area contributed by atoms with E-state index < -0.39 is 18.7 Å². The molecule has 0 radical (unpaired) electrons. The van der Waals surface area contributed by atoms with E-state index in [9.17, 15) is 8.78 Å². The van der Waals surface area contributed by atoms with Gasteiger partial charge in [-0.2, -0.15) is 5.26 Å². The largest absolute Gasteiger partial charge is 0.495 e. The molecule has 1 heterocycles. The van der Waals surface area contributed by atoms with Crippen LogP contribution in [-0.4, -0.2) is 17.2 Å². The maximum absolute atomic E-state index is 12.5. The van der Waals surface area contributed by atoms with Gasteiger partial charge in [0.1, 0.15) is 23.1 Å². The SMILES string of the molecule is COc1cc(CO)nc(C(F)F)c1C#N. The summed E-state index contributed by atoms with van der Waals surface area (Å²) < 4.78 is 29.8. The first kappa shape index (κ1) is 11.3. The van der Waals surface area contributed by atoms with Crippen LogP contribution in [0.4, 0.5) is 8.78 Å². The highest BCUT2D eigenvalue weighted by atomic mass is 19.3. The van der Waals surface area contributed by atoms with Gasteiger partial charge in [-0.15, -0.1) is 0 Å². The minimum Gasteiger partial charge on any atom is -0.495 e. The van der Waals surface area contributed by atoms with Crippen LogP contribution in [0.15, 0.2) is 6.07 Å². The second-order valence-corrected chi connectivity index (χ2v) is 2.65. The number of ether oxygens (including phenoxy) is 1. The molecule has 0 aliphatic carbocycles. The lowest BCUT2D eigenvalue weighted by Crippen LogP contribution is -2.03. The Balaban J connectivity index is 3.41. The lowest BCUT2D eigenvalue weighted by molar-refractivity contribution is 0.144. The summed E-state index contributed by atoms with van der Waals surface area (Å²) in [5.41, 5.74) is -0.924. The van der Waals surface area contributed by atoms with Gasteiger partial charge in [-0.1, -0.05) is 0 Å². The van der Waals surface area contributed by atoms with E-state index in [1.165, 1.54) is 13.2 Å². The molecule has 0 unspecified atom stereocenters. The third-order valence-corrected chi connectivity index (χ3v) is 1.76. The molecule has 0 fully saturated rings. The number of aliphatic hydroxyl groups excluding tert-OH is 1. The van der Waals surface area contributed by atoms with Crippen molar-refractivity contribution in [1.29, 1.82) is 5.26 Å². The highest BCUT2D eigenvalue weighted by Gasteiger charge is 2.20. The Hall–Kier alpha value is -1.74. The fourth-order valence-corrected chi connectivity index (χ4v) is 1.10. The molecule has 0 aliphatic heterocycles. The smallest absolute Gasteiger partial charge is 0.281 e. The lowest BCUT2D eigenvalue weighted by atomic mass is 10.1. The van der Waals surface area contributed by atoms with Gasteiger partial charge >= 0.3 is 0 Å². The highest BCUT2D eigenvalue weighted by molar-refractivity contribution is 5.47. The molecular formula is C9H8F2N2O2. The van der Waals surface area contributed by atoms with E-state index in [2.05, 4.69) is 4.98 Å². The Morgan fingerprint density at radius 2 is 2.33 bits per heavy atom. The standard InChI is InChI=1S/C9H8F2N2O2/c1-15-7-2-5(4-14)13-8(9(10)11)6(7)3-12/h2,9,14H,4H2,1H3. The maximum Gasteiger partial charge on any atom is 0.281 e. The van der Waals surface area contributed by atoms with E-state index in [4.69, 9.17) is 15.1 Å². The average molecular weight is 214 g/mol. The summed E-state index contributed by atoms with van der Waals surface area (Å²) in [6, 6.07) is 2.85.